The van der Waals surface area contributed by atoms with E-state index in [1.54, 1.807) is 6.07 Å². The maximum absolute atomic E-state index is 12.4. The molecule has 116 valence electrons. The highest BCUT2D eigenvalue weighted by molar-refractivity contribution is 7.89. The van der Waals surface area contributed by atoms with E-state index in [0.717, 1.165) is 36.2 Å². The number of carbonyl (C=O) groups excluding carboxylic acids is 1. The third kappa shape index (κ3) is 3.74. The Hall–Kier alpha value is -1.60. The zero-order chi connectivity index (χ0) is 15.5. The van der Waals surface area contributed by atoms with E-state index in [1.807, 2.05) is 13.0 Å². The van der Waals surface area contributed by atoms with Gasteiger partial charge in [-0.05, 0) is 37.0 Å². The van der Waals surface area contributed by atoms with E-state index < -0.39 is 10.0 Å². The predicted octanol–water partition coefficient (Wildman–Crippen LogP) is 0.768. The highest BCUT2D eigenvalue weighted by Gasteiger charge is 2.23. The van der Waals surface area contributed by atoms with Crippen LogP contribution in [0.1, 0.15) is 24.5 Å². The van der Waals surface area contributed by atoms with Gasteiger partial charge in [-0.15, -0.1) is 0 Å². The fourth-order valence-corrected chi connectivity index (χ4v) is 3.77. The number of hydrogen-bond acceptors (Lipinski definition) is 4. The molecule has 1 heterocycles. The van der Waals surface area contributed by atoms with Gasteiger partial charge in [-0.1, -0.05) is 6.07 Å². The van der Waals surface area contributed by atoms with E-state index in [9.17, 15) is 13.2 Å². The van der Waals surface area contributed by atoms with E-state index in [1.165, 1.54) is 6.92 Å². The van der Waals surface area contributed by atoms with Crippen molar-refractivity contribution in [2.45, 2.75) is 31.6 Å². The van der Waals surface area contributed by atoms with Crippen molar-refractivity contribution in [1.82, 2.24) is 10.0 Å². The van der Waals surface area contributed by atoms with Crippen molar-refractivity contribution in [3.8, 4) is 0 Å². The van der Waals surface area contributed by atoms with Crippen LogP contribution < -0.4 is 15.4 Å². The Labute approximate surface area is 125 Å². The number of benzene rings is 1. The van der Waals surface area contributed by atoms with Gasteiger partial charge in [0.15, 0.2) is 0 Å². The SMILES string of the molecule is CC(=O)NCCNS(=O)(=O)c1ccc(C)c2c1CCCN2. The van der Waals surface area contributed by atoms with E-state index in [-0.39, 0.29) is 19.0 Å². The molecule has 0 unspecified atom stereocenters. The lowest BCUT2D eigenvalue weighted by Crippen LogP contribution is -2.34. The van der Waals surface area contributed by atoms with Crippen molar-refractivity contribution in [2.75, 3.05) is 25.0 Å². The highest BCUT2D eigenvalue weighted by Crippen LogP contribution is 2.31. The van der Waals surface area contributed by atoms with E-state index in [0.29, 0.717) is 4.90 Å². The zero-order valence-electron chi connectivity index (χ0n) is 12.3. The van der Waals surface area contributed by atoms with Crippen LogP contribution in [0.15, 0.2) is 17.0 Å². The molecule has 1 amide bonds. The summed E-state index contributed by atoms with van der Waals surface area (Å²) in [7, 11) is -3.56. The number of hydrogen-bond donors (Lipinski definition) is 3. The van der Waals surface area contributed by atoms with Crippen molar-refractivity contribution in [1.29, 1.82) is 0 Å². The Bertz CT molecular complexity index is 641. The highest BCUT2D eigenvalue weighted by atomic mass is 32.2. The van der Waals surface area contributed by atoms with Gasteiger partial charge in [0.2, 0.25) is 15.9 Å². The molecule has 3 N–H and O–H groups in total. The van der Waals surface area contributed by atoms with Gasteiger partial charge in [0, 0.05) is 32.2 Å². The quantitative estimate of drug-likeness (QED) is 0.701. The van der Waals surface area contributed by atoms with Crippen LogP contribution in [-0.2, 0) is 21.2 Å². The smallest absolute Gasteiger partial charge is 0.240 e. The monoisotopic (exact) mass is 311 g/mol. The third-order valence-corrected chi connectivity index (χ3v) is 5.01. The second kappa shape index (κ2) is 6.44. The lowest BCUT2D eigenvalue weighted by molar-refractivity contribution is -0.118. The van der Waals surface area contributed by atoms with E-state index in [2.05, 4.69) is 15.4 Å². The minimum absolute atomic E-state index is 0.175. The predicted molar refractivity (Wildman–Crippen MR) is 81.9 cm³/mol. The average molecular weight is 311 g/mol. The lowest BCUT2D eigenvalue weighted by atomic mass is 10.00. The molecule has 0 saturated carbocycles. The first-order chi connectivity index (χ1) is 9.92. The molecule has 0 radical (unpaired) electrons. The number of nitrogens with one attached hydrogen (secondary N) is 3. The molecule has 0 aromatic heterocycles. The van der Waals surface area contributed by atoms with E-state index >= 15 is 0 Å². The first-order valence-corrected chi connectivity index (χ1v) is 8.50. The third-order valence-electron chi connectivity index (χ3n) is 3.46. The van der Waals surface area contributed by atoms with Crippen LogP contribution in [0.2, 0.25) is 0 Å². The van der Waals surface area contributed by atoms with Crippen LogP contribution in [0.4, 0.5) is 5.69 Å². The number of aryl methyl sites for hydroxylation is 1. The average Bonchev–Trinajstić information content (AvgIpc) is 2.44. The molecule has 0 fully saturated rings. The molecule has 2 rings (SSSR count). The second-order valence-corrected chi connectivity index (χ2v) is 6.88. The van der Waals surface area contributed by atoms with Crippen LogP contribution in [-0.4, -0.2) is 34.0 Å². The molecule has 21 heavy (non-hydrogen) atoms. The molecule has 0 aliphatic carbocycles. The standard InChI is InChI=1S/C14H21N3O3S/c1-10-5-6-13(12-4-3-7-16-14(10)12)21(19,20)17-9-8-15-11(2)18/h5-6,16-17H,3-4,7-9H2,1-2H3,(H,15,18). The van der Waals surface area contributed by atoms with Crippen LogP contribution in [0.25, 0.3) is 0 Å². The van der Waals surface area contributed by atoms with Gasteiger partial charge >= 0.3 is 0 Å². The Balaban J connectivity index is 2.18. The number of fused-ring (bicyclic) bond motifs is 1. The molecule has 0 bridgehead atoms. The van der Waals surface area contributed by atoms with Crippen molar-refractivity contribution in [3.63, 3.8) is 0 Å². The number of carbonyl (C=O) groups is 1. The molecular formula is C14H21N3O3S. The summed E-state index contributed by atoms with van der Waals surface area (Å²) in [6, 6.07) is 3.47. The van der Waals surface area contributed by atoms with Gasteiger partial charge in [0.25, 0.3) is 0 Å². The van der Waals surface area contributed by atoms with Gasteiger partial charge in [0.1, 0.15) is 0 Å². The summed E-state index contributed by atoms with van der Waals surface area (Å²) < 4.78 is 27.3. The van der Waals surface area contributed by atoms with Gasteiger partial charge in [0.05, 0.1) is 4.90 Å². The molecule has 1 aromatic carbocycles. The van der Waals surface area contributed by atoms with Crippen LogP contribution in [0.5, 0.6) is 0 Å². The van der Waals surface area contributed by atoms with Crippen molar-refractivity contribution >= 4 is 21.6 Å². The number of sulfonamides is 1. The fourth-order valence-electron chi connectivity index (χ4n) is 2.47. The minimum atomic E-state index is -3.56. The minimum Gasteiger partial charge on any atom is -0.385 e. The summed E-state index contributed by atoms with van der Waals surface area (Å²) in [6.07, 6.45) is 1.68. The first-order valence-electron chi connectivity index (χ1n) is 7.02. The molecule has 1 aliphatic heterocycles. The second-order valence-electron chi connectivity index (χ2n) is 5.15. The summed E-state index contributed by atoms with van der Waals surface area (Å²) in [5, 5.41) is 5.84. The zero-order valence-corrected chi connectivity index (χ0v) is 13.1. The van der Waals surface area contributed by atoms with Crippen molar-refractivity contribution in [3.05, 3.63) is 23.3 Å². The number of amides is 1. The molecule has 1 aromatic rings. The topological polar surface area (TPSA) is 87.3 Å². The lowest BCUT2D eigenvalue weighted by Gasteiger charge is -2.23. The van der Waals surface area contributed by atoms with Gasteiger partial charge in [-0.25, -0.2) is 13.1 Å². The summed E-state index contributed by atoms with van der Waals surface area (Å²) in [6.45, 7) is 4.69. The van der Waals surface area contributed by atoms with Crippen molar-refractivity contribution in [2.24, 2.45) is 0 Å². The summed E-state index contributed by atoms with van der Waals surface area (Å²) in [5.41, 5.74) is 2.85. The maximum atomic E-state index is 12.4. The van der Waals surface area contributed by atoms with Gasteiger partial charge in [-0.3, -0.25) is 4.79 Å². The number of anilines is 1. The molecule has 0 atom stereocenters. The fraction of sp³-hybridized carbons (Fsp3) is 0.500. The Kier molecular flexibility index (Phi) is 4.84. The largest absolute Gasteiger partial charge is 0.385 e. The molecule has 7 heteroatoms. The van der Waals surface area contributed by atoms with Gasteiger partial charge < -0.3 is 10.6 Å². The van der Waals surface area contributed by atoms with Crippen molar-refractivity contribution < 1.29 is 13.2 Å². The Morgan fingerprint density at radius 2 is 2.10 bits per heavy atom. The van der Waals surface area contributed by atoms with Crippen LogP contribution in [0, 0.1) is 6.92 Å². The summed E-state index contributed by atoms with van der Waals surface area (Å²) >= 11 is 0. The molecule has 1 aliphatic rings. The van der Waals surface area contributed by atoms with Crippen LogP contribution >= 0.6 is 0 Å². The molecular weight excluding hydrogens is 290 g/mol. The molecule has 0 saturated heterocycles. The number of rotatable bonds is 5. The Morgan fingerprint density at radius 3 is 2.81 bits per heavy atom. The van der Waals surface area contributed by atoms with Gasteiger partial charge in [-0.2, -0.15) is 0 Å². The normalized spacial score (nSPS) is 14.2. The van der Waals surface area contributed by atoms with Crippen LogP contribution in [0.3, 0.4) is 0 Å². The summed E-state index contributed by atoms with van der Waals surface area (Å²) in [5.74, 6) is -0.175. The maximum Gasteiger partial charge on any atom is 0.240 e. The molecule has 6 nitrogen and oxygen atoms in total. The first kappa shape index (κ1) is 15.8. The summed E-state index contributed by atoms with van der Waals surface area (Å²) in [4.78, 5) is 11.1. The van der Waals surface area contributed by atoms with E-state index in [4.69, 9.17) is 0 Å². The Morgan fingerprint density at radius 1 is 1.33 bits per heavy atom. The molecule has 0 spiro atoms.